The number of carbonyl (C=O) groups is 1. The Balaban J connectivity index is 0.000000392. The molecule has 1 atom stereocenters. The van der Waals surface area contributed by atoms with Crippen molar-refractivity contribution >= 4 is 34.0 Å². The van der Waals surface area contributed by atoms with E-state index in [9.17, 15) is 9.59 Å². The average molecular weight is 493 g/mol. The Bertz CT molecular complexity index is 1360. The summed E-state index contributed by atoms with van der Waals surface area (Å²) in [4.78, 5) is 30.0. The molecule has 2 aromatic carbocycles. The molecule has 4 rings (SSSR count). The van der Waals surface area contributed by atoms with Gasteiger partial charge in [0.25, 0.3) is 0 Å². The van der Waals surface area contributed by atoms with Crippen LogP contribution < -0.4 is 16.3 Å². The summed E-state index contributed by atoms with van der Waals surface area (Å²) in [6.45, 7) is 4.20. The fourth-order valence-corrected chi connectivity index (χ4v) is 4.11. The molecule has 9 heteroatoms. The summed E-state index contributed by atoms with van der Waals surface area (Å²) in [6, 6.07) is 14.2. The minimum Gasteiger partial charge on any atom is -0.383 e. The molecule has 1 unspecified atom stereocenters. The Morgan fingerprint density at radius 1 is 1.14 bits per heavy atom. The fourth-order valence-electron chi connectivity index (χ4n) is 4.11. The highest BCUT2D eigenvalue weighted by atomic mass is 16.5. The lowest BCUT2D eigenvalue weighted by molar-refractivity contribution is -0.105. The van der Waals surface area contributed by atoms with E-state index >= 15 is 0 Å². The quantitative estimate of drug-likeness (QED) is 0.349. The van der Waals surface area contributed by atoms with Crippen LogP contribution in [-0.2, 0) is 23.1 Å². The van der Waals surface area contributed by atoms with E-state index in [-0.39, 0.29) is 5.69 Å². The number of imidazole rings is 1. The molecule has 1 amide bonds. The number of hydrogen-bond acceptors (Lipinski definition) is 6. The van der Waals surface area contributed by atoms with Crippen LogP contribution in [0.25, 0.3) is 33.1 Å². The zero-order valence-corrected chi connectivity index (χ0v) is 21.9. The number of benzene rings is 2. The number of methoxy groups -OCH3 is 1. The minimum atomic E-state index is -0.0870. The second-order valence-electron chi connectivity index (χ2n) is 9.00. The van der Waals surface area contributed by atoms with Gasteiger partial charge in [-0.25, -0.2) is 4.79 Å². The number of pyridine rings is 1. The summed E-state index contributed by atoms with van der Waals surface area (Å²) < 4.78 is 8.53. The molecule has 4 aromatic rings. The van der Waals surface area contributed by atoms with Gasteiger partial charge in [-0.1, -0.05) is 18.2 Å². The van der Waals surface area contributed by atoms with Crippen molar-refractivity contribution in [2.75, 3.05) is 46.7 Å². The van der Waals surface area contributed by atoms with Crippen LogP contribution >= 0.6 is 0 Å². The Kier molecular flexibility index (Phi) is 9.35. The number of likely N-dealkylation sites (N-methyl/N-ethyl adjacent to an activating group) is 2. The predicted molar refractivity (Wildman–Crippen MR) is 147 cm³/mol. The van der Waals surface area contributed by atoms with Crippen molar-refractivity contribution in [3.8, 4) is 11.1 Å². The number of fused-ring (bicyclic) bond motifs is 3. The first-order chi connectivity index (χ1) is 17.3. The molecular weight excluding hydrogens is 456 g/mol. The molecule has 0 aliphatic carbocycles. The van der Waals surface area contributed by atoms with Crippen molar-refractivity contribution in [3.05, 3.63) is 59.1 Å². The largest absolute Gasteiger partial charge is 0.383 e. The summed E-state index contributed by atoms with van der Waals surface area (Å²) in [5.74, 6) is 0. The molecule has 0 radical (unpaired) electrons. The van der Waals surface area contributed by atoms with Gasteiger partial charge in [0.05, 0.1) is 35.9 Å². The van der Waals surface area contributed by atoms with E-state index in [0.717, 1.165) is 45.3 Å². The van der Waals surface area contributed by atoms with Crippen LogP contribution in [0.5, 0.6) is 0 Å². The number of nitrogens with one attached hydrogen (secondary N) is 2. The first kappa shape index (κ1) is 27.1. The van der Waals surface area contributed by atoms with Gasteiger partial charge in [0.15, 0.2) is 0 Å². The lowest BCUT2D eigenvalue weighted by atomic mass is 10.0. The number of hydrogen-bond donors (Lipinski definition) is 2. The lowest BCUT2D eigenvalue weighted by Crippen LogP contribution is -2.33. The van der Waals surface area contributed by atoms with Gasteiger partial charge in [-0.2, -0.15) is 0 Å². The molecule has 192 valence electrons. The number of carbonyl (C=O) groups excluding carboxylic acids is 1. The molecular formula is C27H36N6O3. The van der Waals surface area contributed by atoms with Gasteiger partial charge in [0, 0.05) is 37.8 Å². The third-order valence-electron chi connectivity index (χ3n) is 6.06. The van der Waals surface area contributed by atoms with Crippen LogP contribution in [0.2, 0.25) is 0 Å². The van der Waals surface area contributed by atoms with E-state index in [1.807, 2.05) is 43.4 Å². The Hall–Kier alpha value is -3.53. The number of amides is 1. The molecule has 0 aliphatic rings. The van der Waals surface area contributed by atoms with Gasteiger partial charge in [-0.05, 0) is 63.5 Å². The summed E-state index contributed by atoms with van der Waals surface area (Å²) >= 11 is 0. The highest BCUT2D eigenvalue weighted by Gasteiger charge is 2.15. The lowest BCUT2D eigenvalue weighted by Gasteiger charge is -2.15. The molecule has 2 aromatic heterocycles. The number of aryl methyl sites for hydroxylation is 1. The first-order valence-corrected chi connectivity index (χ1v) is 11.9. The number of ether oxygens (including phenoxy) is 1. The molecule has 36 heavy (non-hydrogen) atoms. The minimum absolute atomic E-state index is 0.0870. The van der Waals surface area contributed by atoms with Gasteiger partial charge < -0.3 is 20.3 Å². The van der Waals surface area contributed by atoms with Crippen LogP contribution in [0.3, 0.4) is 0 Å². The molecule has 0 fully saturated rings. The number of anilines is 1. The Morgan fingerprint density at radius 3 is 2.42 bits per heavy atom. The molecule has 0 saturated carbocycles. The topological polar surface area (TPSA) is 93.4 Å². The second kappa shape index (κ2) is 12.4. The third-order valence-corrected chi connectivity index (χ3v) is 6.06. The molecule has 2 N–H and O–H groups in total. The molecule has 9 nitrogen and oxygen atoms in total. The maximum absolute atomic E-state index is 12.7. The smallest absolute Gasteiger partial charge is 0.328 e. The predicted octanol–water partition coefficient (Wildman–Crippen LogP) is 2.93. The van der Waals surface area contributed by atoms with Crippen LogP contribution in [0.4, 0.5) is 5.69 Å². The second-order valence-corrected chi connectivity index (χ2v) is 9.00. The van der Waals surface area contributed by atoms with E-state index in [4.69, 9.17) is 4.74 Å². The van der Waals surface area contributed by atoms with E-state index in [0.29, 0.717) is 25.6 Å². The average Bonchev–Trinajstić information content (AvgIpc) is 3.12. The van der Waals surface area contributed by atoms with Gasteiger partial charge in [-0.15, -0.1) is 0 Å². The van der Waals surface area contributed by atoms with Crippen molar-refractivity contribution in [3.63, 3.8) is 0 Å². The number of aromatic nitrogens is 3. The maximum Gasteiger partial charge on any atom is 0.328 e. The van der Waals surface area contributed by atoms with Gasteiger partial charge in [-0.3, -0.25) is 18.9 Å². The zero-order valence-electron chi connectivity index (χ0n) is 21.9. The van der Waals surface area contributed by atoms with E-state index in [1.165, 1.54) is 0 Å². The fraction of sp³-hybridized carbons (Fsp3) is 0.370. The van der Waals surface area contributed by atoms with E-state index < -0.39 is 0 Å². The zero-order chi connectivity index (χ0) is 26.2. The Morgan fingerprint density at radius 2 is 1.83 bits per heavy atom. The molecule has 0 aliphatic heterocycles. The van der Waals surface area contributed by atoms with E-state index in [1.54, 1.807) is 29.5 Å². The summed E-state index contributed by atoms with van der Waals surface area (Å²) in [7, 11) is 9.51. The van der Waals surface area contributed by atoms with Crippen LogP contribution in [0.1, 0.15) is 6.92 Å². The standard InChI is InChI=1S/C21H20N4O3.C6H16N2/c1-24-19-12-22-18-8-5-15(14-3-6-16(7-4-14)23-13-26)11-17(18)20(19)25(21(24)27)9-10-28-2;1-6(7-2)5-8(3)4/h3-8,11-13H,9-10H2,1-2H3,(H,23,26);6-7H,5H2,1-4H3. The SMILES string of the molecule is CNC(C)CN(C)C.COCCn1c(=O)n(C)c2cnc3ccc(-c4ccc(NC=O)cc4)cc3c21. The van der Waals surface area contributed by atoms with Gasteiger partial charge in [0.1, 0.15) is 0 Å². The summed E-state index contributed by atoms with van der Waals surface area (Å²) in [5, 5.41) is 6.70. The van der Waals surface area contributed by atoms with Crippen molar-refractivity contribution in [1.82, 2.24) is 24.3 Å². The highest BCUT2D eigenvalue weighted by Crippen LogP contribution is 2.29. The Labute approximate surface area is 211 Å². The monoisotopic (exact) mass is 492 g/mol. The maximum atomic E-state index is 12.7. The number of rotatable bonds is 9. The van der Waals surface area contributed by atoms with Crippen LogP contribution in [0.15, 0.2) is 53.5 Å². The van der Waals surface area contributed by atoms with Crippen molar-refractivity contribution in [2.45, 2.75) is 19.5 Å². The molecule has 0 bridgehead atoms. The first-order valence-electron chi connectivity index (χ1n) is 11.9. The number of nitrogens with zero attached hydrogens (tertiary/aromatic N) is 4. The van der Waals surface area contributed by atoms with Crippen molar-refractivity contribution < 1.29 is 9.53 Å². The highest BCUT2D eigenvalue weighted by molar-refractivity contribution is 6.04. The van der Waals surface area contributed by atoms with Crippen LogP contribution in [-0.4, -0.2) is 72.9 Å². The summed E-state index contributed by atoms with van der Waals surface area (Å²) in [5.41, 5.74) is 5.14. The molecule has 0 spiro atoms. The van der Waals surface area contributed by atoms with Gasteiger partial charge >= 0.3 is 5.69 Å². The summed E-state index contributed by atoms with van der Waals surface area (Å²) in [6.07, 6.45) is 2.39. The van der Waals surface area contributed by atoms with Crippen LogP contribution in [0, 0.1) is 0 Å². The van der Waals surface area contributed by atoms with Crippen molar-refractivity contribution in [2.24, 2.45) is 7.05 Å². The normalized spacial score (nSPS) is 12.0. The van der Waals surface area contributed by atoms with Gasteiger partial charge in [0.2, 0.25) is 6.41 Å². The molecule has 2 heterocycles. The molecule has 0 saturated heterocycles. The van der Waals surface area contributed by atoms with E-state index in [2.05, 4.69) is 47.6 Å². The third kappa shape index (κ3) is 6.17. The van der Waals surface area contributed by atoms with Crippen molar-refractivity contribution in [1.29, 1.82) is 0 Å².